The van der Waals surface area contributed by atoms with Gasteiger partial charge in [0.25, 0.3) is 0 Å². The number of nitrogens with zero attached hydrogens (tertiary/aromatic N) is 3. The first-order valence-corrected chi connectivity index (χ1v) is 8.81. The fourth-order valence-electron chi connectivity index (χ4n) is 3.86. The van der Waals surface area contributed by atoms with Crippen LogP contribution in [0, 0.1) is 11.6 Å². The summed E-state index contributed by atoms with van der Waals surface area (Å²) < 4.78 is 27.0. The van der Waals surface area contributed by atoms with E-state index in [0.29, 0.717) is 12.6 Å². The van der Waals surface area contributed by atoms with Gasteiger partial charge in [0.05, 0.1) is 6.10 Å². The standard InChI is InChI=1S/C18H27F2N3O/c1-21-6-2-3-15(12-21)23-9-7-22(8-10-23)13-18(24)16-11-14(19)4-5-17(16)20/h4-5,11,15,18,24H,2-3,6-10,12-13H2,1H3. The van der Waals surface area contributed by atoms with Crippen LogP contribution in [-0.2, 0) is 0 Å². The van der Waals surface area contributed by atoms with Gasteiger partial charge in [0, 0.05) is 50.9 Å². The zero-order valence-electron chi connectivity index (χ0n) is 14.3. The zero-order chi connectivity index (χ0) is 17.1. The van der Waals surface area contributed by atoms with Gasteiger partial charge in [-0.1, -0.05) is 0 Å². The SMILES string of the molecule is CN1CCCC(N2CCN(CC(O)c3cc(F)ccc3F)CC2)C1. The molecule has 2 aliphatic heterocycles. The first kappa shape index (κ1) is 17.7. The highest BCUT2D eigenvalue weighted by Crippen LogP contribution is 2.21. The van der Waals surface area contributed by atoms with Crippen LogP contribution in [0.25, 0.3) is 0 Å². The molecule has 1 aromatic carbocycles. The van der Waals surface area contributed by atoms with Crippen molar-refractivity contribution in [2.24, 2.45) is 0 Å². The molecule has 0 bridgehead atoms. The van der Waals surface area contributed by atoms with Crippen molar-refractivity contribution in [2.45, 2.75) is 25.0 Å². The van der Waals surface area contributed by atoms with Crippen LogP contribution in [0.4, 0.5) is 8.78 Å². The maximum atomic E-state index is 13.8. The molecule has 4 nitrogen and oxygen atoms in total. The molecule has 3 rings (SSSR count). The van der Waals surface area contributed by atoms with Crippen molar-refractivity contribution in [2.75, 3.05) is 52.9 Å². The largest absolute Gasteiger partial charge is 0.387 e. The van der Waals surface area contributed by atoms with Gasteiger partial charge in [0.2, 0.25) is 0 Å². The third-order valence-electron chi connectivity index (χ3n) is 5.27. The molecule has 2 heterocycles. The lowest BCUT2D eigenvalue weighted by Gasteiger charge is -2.43. The number of hydrogen-bond donors (Lipinski definition) is 1. The molecular formula is C18H27F2N3O. The lowest BCUT2D eigenvalue weighted by molar-refractivity contribution is 0.0363. The number of rotatable bonds is 4. The van der Waals surface area contributed by atoms with Crippen LogP contribution >= 0.6 is 0 Å². The third kappa shape index (κ3) is 4.30. The van der Waals surface area contributed by atoms with Crippen molar-refractivity contribution < 1.29 is 13.9 Å². The summed E-state index contributed by atoms with van der Waals surface area (Å²) in [6.07, 6.45) is 1.51. The van der Waals surface area contributed by atoms with Gasteiger partial charge in [-0.25, -0.2) is 8.78 Å². The first-order valence-electron chi connectivity index (χ1n) is 8.81. The number of β-amino-alcohol motifs (C(OH)–C–C–N with tert-alkyl or cyclic N) is 1. The number of halogens is 2. The second-order valence-corrected chi connectivity index (χ2v) is 7.08. The number of aliphatic hydroxyl groups excluding tert-OH is 1. The Morgan fingerprint density at radius 2 is 1.92 bits per heavy atom. The second-order valence-electron chi connectivity index (χ2n) is 7.08. The van der Waals surface area contributed by atoms with Crippen LogP contribution in [0.1, 0.15) is 24.5 Å². The van der Waals surface area contributed by atoms with Crippen LogP contribution in [-0.4, -0.2) is 78.7 Å². The molecule has 2 fully saturated rings. The van der Waals surface area contributed by atoms with Crippen LogP contribution in [0.3, 0.4) is 0 Å². The summed E-state index contributed by atoms with van der Waals surface area (Å²) in [5.41, 5.74) is 0.0475. The molecule has 1 aromatic rings. The quantitative estimate of drug-likeness (QED) is 0.905. The third-order valence-corrected chi connectivity index (χ3v) is 5.27. The molecule has 0 aliphatic carbocycles. The summed E-state index contributed by atoms with van der Waals surface area (Å²) >= 11 is 0. The average molecular weight is 339 g/mol. The summed E-state index contributed by atoms with van der Waals surface area (Å²) in [7, 11) is 2.17. The molecule has 0 aromatic heterocycles. The fraction of sp³-hybridized carbons (Fsp3) is 0.667. The van der Waals surface area contributed by atoms with E-state index >= 15 is 0 Å². The van der Waals surface area contributed by atoms with E-state index in [1.54, 1.807) is 0 Å². The van der Waals surface area contributed by atoms with Crippen molar-refractivity contribution in [1.82, 2.24) is 14.7 Å². The summed E-state index contributed by atoms with van der Waals surface area (Å²) in [5.74, 6) is -1.07. The molecule has 134 valence electrons. The highest BCUT2D eigenvalue weighted by Gasteiger charge is 2.28. The minimum absolute atomic E-state index is 0.0475. The van der Waals surface area contributed by atoms with Gasteiger partial charge in [-0.05, 0) is 44.6 Å². The van der Waals surface area contributed by atoms with E-state index in [1.807, 2.05) is 0 Å². The van der Waals surface area contributed by atoms with Gasteiger partial charge in [-0.15, -0.1) is 0 Å². The predicted molar refractivity (Wildman–Crippen MR) is 89.8 cm³/mol. The van der Waals surface area contributed by atoms with Crippen LogP contribution in [0.2, 0.25) is 0 Å². The topological polar surface area (TPSA) is 30.0 Å². The van der Waals surface area contributed by atoms with Crippen LogP contribution in [0.5, 0.6) is 0 Å². The first-order chi connectivity index (χ1) is 11.5. The summed E-state index contributed by atoms with van der Waals surface area (Å²) in [4.78, 5) is 7.05. The number of piperidine rings is 1. The van der Waals surface area contributed by atoms with Crippen LogP contribution in [0.15, 0.2) is 18.2 Å². The molecule has 2 unspecified atom stereocenters. The molecule has 2 atom stereocenters. The number of aliphatic hydroxyl groups is 1. The van der Waals surface area contributed by atoms with Gasteiger partial charge in [0.1, 0.15) is 11.6 Å². The van der Waals surface area contributed by atoms with Crippen molar-refractivity contribution in [1.29, 1.82) is 0 Å². The number of benzene rings is 1. The minimum atomic E-state index is -0.993. The Labute approximate surface area is 142 Å². The molecule has 6 heteroatoms. The van der Waals surface area contributed by atoms with Gasteiger partial charge in [-0.3, -0.25) is 9.80 Å². The lowest BCUT2D eigenvalue weighted by Crippen LogP contribution is -2.54. The number of hydrogen-bond acceptors (Lipinski definition) is 4. The average Bonchev–Trinajstić information content (AvgIpc) is 2.57. The summed E-state index contributed by atoms with van der Waals surface area (Å²) in [6.45, 7) is 6.30. The van der Waals surface area contributed by atoms with Crippen molar-refractivity contribution in [3.05, 3.63) is 35.4 Å². The Kier molecular flexibility index (Phi) is 5.81. The molecule has 1 N–H and O–H groups in total. The second kappa shape index (κ2) is 7.87. The molecule has 24 heavy (non-hydrogen) atoms. The van der Waals surface area contributed by atoms with Gasteiger partial charge >= 0.3 is 0 Å². The molecule has 2 aliphatic rings. The maximum absolute atomic E-state index is 13.8. The molecule has 2 saturated heterocycles. The summed E-state index contributed by atoms with van der Waals surface area (Å²) in [5, 5.41) is 10.3. The number of piperazine rings is 1. The molecular weight excluding hydrogens is 312 g/mol. The lowest BCUT2D eigenvalue weighted by atomic mass is 10.0. The maximum Gasteiger partial charge on any atom is 0.129 e. The van der Waals surface area contributed by atoms with E-state index < -0.39 is 17.7 Å². The zero-order valence-corrected chi connectivity index (χ0v) is 14.3. The van der Waals surface area contributed by atoms with Crippen molar-refractivity contribution >= 4 is 0 Å². The number of likely N-dealkylation sites (tertiary alicyclic amines) is 1. The Morgan fingerprint density at radius 1 is 1.17 bits per heavy atom. The van der Waals surface area contributed by atoms with E-state index in [0.717, 1.165) is 50.9 Å². The van der Waals surface area contributed by atoms with Crippen molar-refractivity contribution in [3.63, 3.8) is 0 Å². The molecule has 0 amide bonds. The van der Waals surface area contributed by atoms with Crippen molar-refractivity contribution in [3.8, 4) is 0 Å². The van der Waals surface area contributed by atoms with Gasteiger partial charge in [0.15, 0.2) is 0 Å². The molecule has 0 spiro atoms. The molecule has 0 saturated carbocycles. The van der Waals surface area contributed by atoms with E-state index in [9.17, 15) is 13.9 Å². The number of likely N-dealkylation sites (N-methyl/N-ethyl adjacent to an activating group) is 1. The highest BCUT2D eigenvalue weighted by molar-refractivity contribution is 5.21. The van der Waals surface area contributed by atoms with E-state index in [2.05, 4.69) is 21.7 Å². The molecule has 0 radical (unpaired) electrons. The van der Waals surface area contributed by atoms with E-state index in [1.165, 1.54) is 19.4 Å². The normalized spacial score (nSPS) is 25.8. The fourth-order valence-corrected chi connectivity index (χ4v) is 3.86. The highest BCUT2D eigenvalue weighted by atomic mass is 19.1. The van der Waals surface area contributed by atoms with Gasteiger partial charge < -0.3 is 10.0 Å². The Morgan fingerprint density at radius 3 is 2.62 bits per heavy atom. The summed E-state index contributed by atoms with van der Waals surface area (Å²) in [6, 6.07) is 3.86. The Hall–Kier alpha value is -1.08. The van der Waals surface area contributed by atoms with E-state index in [4.69, 9.17) is 0 Å². The van der Waals surface area contributed by atoms with Gasteiger partial charge in [-0.2, -0.15) is 0 Å². The smallest absolute Gasteiger partial charge is 0.129 e. The Balaban J connectivity index is 1.50. The Bertz CT molecular complexity index is 549. The van der Waals surface area contributed by atoms with Crippen LogP contribution < -0.4 is 0 Å². The monoisotopic (exact) mass is 339 g/mol. The predicted octanol–water partition coefficient (Wildman–Crippen LogP) is 1.71. The van der Waals surface area contributed by atoms with E-state index in [-0.39, 0.29) is 5.56 Å². The minimum Gasteiger partial charge on any atom is -0.387 e.